The summed E-state index contributed by atoms with van der Waals surface area (Å²) in [5.41, 5.74) is 1.93. The van der Waals surface area contributed by atoms with Crippen molar-refractivity contribution in [2.45, 2.75) is 58.9 Å². The Bertz CT molecular complexity index is 1340. The molecule has 0 unspecified atom stereocenters. The van der Waals surface area contributed by atoms with Gasteiger partial charge in [0.1, 0.15) is 11.6 Å². The van der Waals surface area contributed by atoms with Crippen LogP contribution < -0.4 is 18.9 Å². The lowest BCUT2D eigenvalue weighted by Crippen LogP contribution is -2.42. The zero-order chi connectivity index (χ0) is 27.8. The molecule has 0 aliphatic carbocycles. The van der Waals surface area contributed by atoms with Crippen molar-refractivity contribution in [1.82, 2.24) is 4.90 Å². The Balaban J connectivity index is 1.52. The van der Waals surface area contributed by atoms with Crippen molar-refractivity contribution >= 4 is 17.9 Å². The lowest BCUT2D eigenvalue weighted by Gasteiger charge is -2.27. The van der Waals surface area contributed by atoms with E-state index in [1.54, 1.807) is 44.4 Å². The van der Waals surface area contributed by atoms with Gasteiger partial charge in [0.05, 0.1) is 20.3 Å². The van der Waals surface area contributed by atoms with E-state index in [4.69, 9.17) is 18.9 Å². The predicted molar refractivity (Wildman–Crippen MR) is 146 cm³/mol. The molecule has 2 amide bonds. The summed E-state index contributed by atoms with van der Waals surface area (Å²) < 4.78 is 22.3. The molecule has 0 saturated carbocycles. The fourth-order valence-corrected chi connectivity index (χ4v) is 4.62. The van der Waals surface area contributed by atoms with Gasteiger partial charge in [-0.05, 0) is 60.4 Å². The zero-order valence-electron chi connectivity index (χ0n) is 22.7. The Kier molecular flexibility index (Phi) is 9.27. The molecule has 39 heavy (non-hydrogen) atoms. The summed E-state index contributed by atoms with van der Waals surface area (Å²) in [7, 11) is 1.57. The van der Waals surface area contributed by atoms with Crippen LogP contribution in [0.1, 0.15) is 63.5 Å². The number of hydrogen-bond acceptors (Lipinski definition) is 7. The summed E-state index contributed by atoms with van der Waals surface area (Å²) in [6, 6.07) is 12.7. The number of imide groups is 1. The first-order chi connectivity index (χ1) is 19.0. The maximum absolute atomic E-state index is 13.5. The quantitative estimate of drug-likeness (QED) is 0.190. The summed E-state index contributed by atoms with van der Waals surface area (Å²) in [5, 5.41) is 9.73. The summed E-state index contributed by atoms with van der Waals surface area (Å²) >= 11 is 0. The largest absolute Gasteiger partial charge is 0.493 e. The van der Waals surface area contributed by atoms with Gasteiger partial charge < -0.3 is 18.9 Å². The number of unbranched alkanes of at least 4 members (excludes halogenated alkanes) is 5. The summed E-state index contributed by atoms with van der Waals surface area (Å²) in [6.45, 7) is 4.55. The molecule has 2 aromatic rings. The highest BCUT2D eigenvalue weighted by Gasteiger charge is 2.35. The molecule has 2 aliphatic heterocycles. The van der Waals surface area contributed by atoms with Gasteiger partial charge in [0.25, 0.3) is 11.8 Å². The molecular formula is C31H34N2O6. The molecule has 0 saturated heterocycles. The Labute approximate surface area is 229 Å². The molecule has 8 heteroatoms. The van der Waals surface area contributed by atoms with Gasteiger partial charge in [-0.15, -0.1) is 0 Å². The predicted octanol–water partition coefficient (Wildman–Crippen LogP) is 5.96. The molecule has 0 aromatic heterocycles. The lowest BCUT2D eigenvalue weighted by atomic mass is 9.93. The highest BCUT2D eigenvalue weighted by molar-refractivity contribution is 6.19. The number of carbonyl (C=O) groups excluding carboxylic acids is 2. The number of carbonyl (C=O) groups is 2. The SMILES string of the molecule is CCCCCCCCOc1ccc(/C=C2/C(=O)N(Cc3ccc4c(c3)OCO4)C(=O)C(C#N)=C2C)cc1OC. The molecular weight excluding hydrogens is 496 g/mol. The van der Waals surface area contributed by atoms with Crippen LogP contribution >= 0.6 is 0 Å². The molecule has 8 nitrogen and oxygen atoms in total. The maximum Gasteiger partial charge on any atom is 0.271 e. The second-order valence-electron chi connectivity index (χ2n) is 9.58. The minimum atomic E-state index is -0.620. The molecule has 0 spiro atoms. The molecule has 0 bridgehead atoms. The van der Waals surface area contributed by atoms with E-state index in [-0.39, 0.29) is 24.5 Å². The van der Waals surface area contributed by atoms with E-state index < -0.39 is 11.8 Å². The Morgan fingerprint density at radius 3 is 2.51 bits per heavy atom. The third-order valence-electron chi connectivity index (χ3n) is 6.86. The molecule has 0 fully saturated rings. The van der Waals surface area contributed by atoms with E-state index in [0.717, 1.165) is 17.7 Å². The highest BCUT2D eigenvalue weighted by Crippen LogP contribution is 2.35. The Morgan fingerprint density at radius 1 is 0.974 bits per heavy atom. The van der Waals surface area contributed by atoms with Crippen molar-refractivity contribution in [3.63, 3.8) is 0 Å². The number of hydrogen-bond donors (Lipinski definition) is 0. The summed E-state index contributed by atoms with van der Waals surface area (Å²) in [5.74, 6) is 1.25. The molecule has 2 heterocycles. The number of fused-ring (bicyclic) bond motifs is 1. The summed E-state index contributed by atoms with van der Waals surface area (Å²) in [4.78, 5) is 27.7. The first kappa shape index (κ1) is 27.8. The molecule has 0 atom stereocenters. The number of methoxy groups -OCH3 is 1. The van der Waals surface area contributed by atoms with Crippen LogP contribution in [-0.4, -0.2) is 37.2 Å². The second kappa shape index (κ2) is 13.0. The average molecular weight is 531 g/mol. The lowest BCUT2D eigenvalue weighted by molar-refractivity contribution is -0.141. The van der Waals surface area contributed by atoms with Gasteiger partial charge in [-0.25, -0.2) is 0 Å². The van der Waals surface area contributed by atoms with Crippen molar-refractivity contribution in [2.75, 3.05) is 20.5 Å². The van der Waals surface area contributed by atoms with Crippen LogP contribution in [0.2, 0.25) is 0 Å². The number of rotatable bonds is 12. The first-order valence-electron chi connectivity index (χ1n) is 13.4. The smallest absolute Gasteiger partial charge is 0.271 e. The van der Waals surface area contributed by atoms with Gasteiger partial charge >= 0.3 is 0 Å². The highest BCUT2D eigenvalue weighted by atomic mass is 16.7. The van der Waals surface area contributed by atoms with E-state index in [0.29, 0.717) is 46.3 Å². The number of ether oxygens (including phenoxy) is 4. The van der Waals surface area contributed by atoms with Gasteiger partial charge in [0.15, 0.2) is 23.0 Å². The molecule has 2 aliphatic rings. The molecule has 0 N–H and O–H groups in total. The van der Waals surface area contributed by atoms with Gasteiger partial charge in [-0.1, -0.05) is 51.2 Å². The van der Waals surface area contributed by atoms with Crippen molar-refractivity contribution < 1.29 is 28.5 Å². The zero-order valence-corrected chi connectivity index (χ0v) is 22.7. The van der Waals surface area contributed by atoms with Gasteiger partial charge in [-0.3, -0.25) is 14.5 Å². The van der Waals surface area contributed by atoms with Crippen LogP contribution in [0, 0.1) is 11.3 Å². The fourth-order valence-electron chi connectivity index (χ4n) is 4.62. The van der Waals surface area contributed by atoms with Crippen molar-refractivity contribution in [1.29, 1.82) is 5.26 Å². The van der Waals surface area contributed by atoms with Crippen molar-refractivity contribution in [2.24, 2.45) is 0 Å². The van der Waals surface area contributed by atoms with Crippen LogP contribution in [0.25, 0.3) is 6.08 Å². The third kappa shape index (κ3) is 6.43. The van der Waals surface area contributed by atoms with E-state index in [1.807, 2.05) is 18.2 Å². The summed E-state index contributed by atoms with van der Waals surface area (Å²) in [6.07, 6.45) is 8.73. The number of nitriles is 1. The van der Waals surface area contributed by atoms with Gasteiger partial charge in [0.2, 0.25) is 6.79 Å². The Morgan fingerprint density at radius 2 is 1.74 bits per heavy atom. The van der Waals surface area contributed by atoms with Gasteiger partial charge in [0, 0.05) is 5.57 Å². The normalized spacial score (nSPS) is 15.6. The molecule has 0 radical (unpaired) electrons. The van der Waals surface area contributed by atoms with E-state index in [2.05, 4.69) is 6.92 Å². The molecule has 4 rings (SSSR count). The number of amides is 2. The van der Waals surface area contributed by atoms with E-state index in [9.17, 15) is 14.9 Å². The molecule has 204 valence electrons. The fraction of sp³-hybridized carbons (Fsp3) is 0.387. The topological polar surface area (TPSA) is 98.1 Å². The first-order valence-corrected chi connectivity index (χ1v) is 13.4. The maximum atomic E-state index is 13.5. The standard InChI is InChI=1S/C31H34N2O6/c1-4-5-6-7-8-9-14-37-26-12-10-22(16-28(26)36-3)15-24-21(2)25(18-32)31(35)33(30(24)34)19-23-11-13-27-29(17-23)39-20-38-27/h10-13,15-17H,4-9,14,19-20H2,1-3H3/b24-15+. The van der Waals surface area contributed by atoms with Crippen LogP contribution in [0.3, 0.4) is 0 Å². The minimum absolute atomic E-state index is 0.00134. The van der Waals surface area contributed by atoms with E-state index >= 15 is 0 Å². The van der Waals surface area contributed by atoms with Crippen LogP contribution in [0.4, 0.5) is 0 Å². The van der Waals surface area contributed by atoms with Crippen LogP contribution in [0.5, 0.6) is 23.0 Å². The monoisotopic (exact) mass is 530 g/mol. The van der Waals surface area contributed by atoms with Gasteiger partial charge in [-0.2, -0.15) is 5.26 Å². The average Bonchev–Trinajstić information content (AvgIpc) is 3.41. The number of benzene rings is 2. The minimum Gasteiger partial charge on any atom is -0.493 e. The second-order valence-corrected chi connectivity index (χ2v) is 9.58. The number of nitrogens with zero attached hydrogens (tertiary/aromatic N) is 2. The van der Waals surface area contributed by atoms with E-state index in [1.165, 1.54) is 25.7 Å². The van der Waals surface area contributed by atoms with Crippen LogP contribution in [0.15, 0.2) is 53.1 Å². The van der Waals surface area contributed by atoms with Crippen molar-refractivity contribution in [3.8, 4) is 29.1 Å². The molecule has 2 aromatic carbocycles. The third-order valence-corrected chi connectivity index (χ3v) is 6.86. The van der Waals surface area contributed by atoms with Crippen LogP contribution in [-0.2, 0) is 16.1 Å². The Hall–Kier alpha value is -4.25. The van der Waals surface area contributed by atoms with Crippen molar-refractivity contribution in [3.05, 3.63) is 64.2 Å².